The van der Waals surface area contributed by atoms with Crippen molar-refractivity contribution >= 4 is 23.2 Å². The quantitative estimate of drug-likeness (QED) is 0.877. The Hall–Kier alpha value is -1.26. The van der Waals surface area contributed by atoms with E-state index < -0.39 is 5.91 Å². The van der Waals surface area contributed by atoms with Gasteiger partial charge in [-0.2, -0.15) is 0 Å². The van der Waals surface area contributed by atoms with Gasteiger partial charge in [0.25, 0.3) is 0 Å². The summed E-state index contributed by atoms with van der Waals surface area (Å²) in [5.41, 5.74) is 6.54. The minimum Gasteiger partial charge on any atom is -0.382 e. The molecule has 2 atom stereocenters. The Morgan fingerprint density at radius 3 is 3.05 bits per heavy atom. The summed E-state index contributed by atoms with van der Waals surface area (Å²) in [6.07, 6.45) is 4.50. The largest absolute Gasteiger partial charge is 0.382 e. The molecule has 0 bridgehead atoms. The van der Waals surface area contributed by atoms with Crippen LogP contribution in [0.1, 0.15) is 43.0 Å². The van der Waals surface area contributed by atoms with E-state index in [0.717, 1.165) is 38.0 Å². The van der Waals surface area contributed by atoms with E-state index in [9.17, 15) is 4.79 Å². The van der Waals surface area contributed by atoms with E-state index in [4.69, 9.17) is 22.1 Å². The van der Waals surface area contributed by atoms with Crippen molar-refractivity contribution in [3.05, 3.63) is 28.8 Å². The monoisotopic (exact) mass is 296 g/mol. The molecule has 4 nitrogen and oxygen atoms in total. The van der Waals surface area contributed by atoms with Crippen LogP contribution in [0.3, 0.4) is 0 Å². The Kier molecular flexibility index (Phi) is 5.26. The van der Waals surface area contributed by atoms with Crippen molar-refractivity contribution in [2.75, 3.05) is 11.9 Å². The van der Waals surface area contributed by atoms with E-state index in [1.165, 1.54) is 0 Å². The molecule has 1 aromatic rings. The number of halogens is 1. The maximum atomic E-state index is 11.3. The first-order valence-electron chi connectivity index (χ1n) is 7.07. The molecule has 1 heterocycles. The molecular formula is C15H21ClN2O2. The highest BCUT2D eigenvalue weighted by Crippen LogP contribution is 2.24. The van der Waals surface area contributed by atoms with Crippen LogP contribution in [0.2, 0.25) is 5.02 Å². The van der Waals surface area contributed by atoms with Crippen LogP contribution in [0.15, 0.2) is 18.2 Å². The molecule has 1 saturated heterocycles. The van der Waals surface area contributed by atoms with Gasteiger partial charge in [0.2, 0.25) is 5.91 Å². The number of nitrogens with two attached hydrogens (primary N) is 1. The zero-order valence-electron chi connectivity index (χ0n) is 11.7. The fourth-order valence-corrected chi connectivity index (χ4v) is 2.78. The Morgan fingerprint density at radius 2 is 2.35 bits per heavy atom. The molecule has 110 valence electrons. The lowest BCUT2D eigenvalue weighted by Crippen LogP contribution is -2.34. The molecule has 0 saturated carbocycles. The molecule has 1 aromatic carbocycles. The maximum absolute atomic E-state index is 11.3. The van der Waals surface area contributed by atoms with Gasteiger partial charge in [-0.25, -0.2) is 0 Å². The third-order valence-electron chi connectivity index (χ3n) is 3.58. The minimum absolute atomic E-state index is 0.328. The summed E-state index contributed by atoms with van der Waals surface area (Å²) in [6, 6.07) is 5.66. The Morgan fingerprint density at radius 1 is 1.55 bits per heavy atom. The third-order valence-corrected chi connectivity index (χ3v) is 3.91. The minimum atomic E-state index is -0.505. The van der Waals surface area contributed by atoms with Crippen LogP contribution in [-0.4, -0.2) is 24.7 Å². The molecule has 1 fully saturated rings. The van der Waals surface area contributed by atoms with Crippen LogP contribution in [0.25, 0.3) is 0 Å². The summed E-state index contributed by atoms with van der Waals surface area (Å²) in [4.78, 5) is 11.3. The molecule has 2 rings (SSSR count). The molecule has 0 aromatic heterocycles. The van der Waals surface area contributed by atoms with Crippen molar-refractivity contribution in [1.82, 2.24) is 0 Å². The fraction of sp³-hybridized carbons (Fsp3) is 0.533. The second-order valence-corrected chi connectivity index (χ2v) is 5.61. The van der Waals surface area contributed by atoms with Gasteiger partial charge in [-0.15, -0.1) is 0 Å². The van der Waals surface area contributed by atoms with Gasteiger partial charge >= 0.3 is 0 Å². The second-order valence-electron chi connectivity index (χ2n) is 5.21. The highest BCUT2D eigenvalue weighted by atomic mass is 35.5. The van der Waals surface area contributed by atoms with E-state index in [-0.39, 0.29) is 0 Å². The predicted octanol–water partition coefficient (Wildman–Crippen LogP) is 3.20. The molecular weight excluding hydrogens is 276 g/mol. The molecule has 3 N–H and O–H groups in total. The smallest absolute Gasteiger partial charge is 0.250 e. The van der Waals surface area contributed by atoms with E-state index in [1.807, 2.05) is 6.07 Å². The van der Waals surface area contributed by atoms with Crippen LogP contribution in [-0.2, 0) is 4.74 Å². The van der Waals surface area contributed by atoms with Crippen LogP contribution in [0.5, 0.6) is 0 Å². The summed E-state index contributed by atoms with van der Waals surface area (Å²) < 4.78 is 5.73. The number of carbonyl (C=O) groups excluding carboxylic acids is 1. The van der Waals surface area contributed by atoms with Crippen molar-refractivity contribution in [2.24, 2.45) is 5.73 Å². The lowest BCUT2D eigenvalue weighted by atomic mass is 9.99. The number of primary amides is 1. The average Bonchev–Trinajstić information content (AvgIpc) is 2.41. The summed E-state index contributed by atoms with van der Waals surface area (Å²) in [5.74, 6) is -0.505. The highest BCUT2D eigenvalue weighted by molar-refractivity contribution is 6.33. The number of carbonyl (C=O) groups is 1. The molecule has 0 aliphatic carbocycles. The van der Waals surface area contributed by atoms with E-state index >= 15 is 0 Å². The number of benzene rings is 1. The predicted molar refractivity (Wildman–Crippen MR) is 81.3 cm³/mol. The van der Waals surface area contributed by atoms with Gasteiger partial charge in [0.05, 0.1) is 16.7 Å². The van der Waals surface area contributed by atoms with Gasteiger partial charge in [0.1, 0.15) is 0 Å². The van der Waals surface area contributed by atoms with Gasteiger partial charge in [0.15, 0.2) is 0 Å². The normalized spacial score (nSPS) is 22.5. The van der Waals surface area contributed by atoms with Crippen LogP contribution < -0.4 is 11.1 Å². The third kappa shape index (κ3) is 3.87. The van der Waals surface area contributed by atoms with Gasteiger partial charge in [0, 0.05) is 18.3 Å². The molecule has 5 heteroatoms. The first-order chi connectivity index (χ1) is 9.60. The standard InChI is InChI=1S/C15H21ClN2O2/c1-2-3-12-8-11(6-7-20-12)18-10-4-5-14(16)13(9-10)15(17)19/h4-5,9,11-12,18H,2-3,6-8H2,1H3,(H2,17,19). The number of anilines is 1. The van der Waals surface area contributed by atoms with Crippen molar-refractivity contribution < 1.29 is 9.53 Å². The first-order valence-corrected chi connectivity index (χ1v) is 7.45. The second kappa shape index (κ2) is 6.95. The summed E-state index contributed by atoms with van der Waals surface area (Å²) in [7, 11) is 0. The lowest BCUT2D eigenvalue weighted by molar-refractivity contribution is 0.00597. The number of rotatable bonds is 5. The number of nitrogens with one attached hydrogen (secondary N) is 1. The number of amides is 1. The summed E-state index contributed by atoms with van der Waals surface area (Å²) in [5, 5.41) is 3.83. The van der Waals surface area contributed by atoms with E-state index in [0.29, 0.717) is 22.7 Å². The lowest BCUT2D eigenvalue weighted by Gasteiger charge is -2.30. The molecule has 2 unspecified atom stereocenters. The Balaban J connectivity index is 2.02. The van der Waals surface area contributed by atoms with E-state index in [2.05, 4.69) is 12.2 Å². The van der Waals surface area contributed by atoms with Gasteiger partial charge in [-0.05, 0) is 37.5 Å². The van der Waals surface area contributed by atoms with Crippen LogP contribution >= 0.6 is 11.6 Å². The van der Waals surface area contributed by atoms with Crippen molar-refractivity contribution in [1.29, 1.82) is 0 Å². The molecule has 1 amide bonds. The van der Waals surface area contributed by atoms with Crippen molar-refractivity contribution in [3.63, 3.8) is 0 Å². The fourth-order valence-electron chi connectivity index (χ4n) is 2.57. The molecule has 0 spiro atoms. The van der Waals surface area contributed by atoms with E-state index in [1.54, 1.807) is 12.1 Å². The number of ether oxygens (including phenoxy) is 1. The van der Waals surface area contributed by atoms with Crippen LogP contribution in [0.4, 0.5) is 5.69 Å². The zero-order valence-corrected chi connectivity index (χ0v) is 12.5. The molecule has 0 radical (unpaired) electrons. The van der Waals surface area contributed by atoms with Crippen molar-refractivity contribution in [3.8, 4) is 0 Å². The summed E-state index contributed by atoms with van der Waals surface area (Å²) >= 11 is 5.95. The Labute approximate surface area is 124 Å². The average molecular weight is 297 g/mol. The molecule has 1 aliphatic rings. The molecule has 1 aliphatic heterocycles. The zero-order chi connectivity index (χ0) is 14.5. The van der Waals surface area contributed by atoms with Crippen LogP contribution in [0, 0.1) is 0 Å². The van der Waals surface area contributed by atoms with Crippen molar-refractivity contribution in [2.45, 2.75) is 44.8 Å². The summed E-state index contributed by atoms with van der Waals surface area (Å²) in [6.45, 7) is 2.94. The van der Waals surface area contributed by atoms with Gasteiger partial charge in [-0.3, -0.25) is 4.79 Å². The maximum Gasteiger partial charge on any atom is 0.250 e. The SMILES string of the molecule is CCCC1CC(Nc2ccc(Cl)c(C(N)=O)c2)CCO1. The van der Waals surface area contributed by atoms with Gasteiger partial charge < -0.3 is 15.8 Å². The topological polar surface area (TPSA) is 64.3 Å². The highest BCUT2D eigenvalue weighted by Gasteiger charge is 2.22. The van der Waals surface area contributed by atoms with Gasteiger partial charge in [-0.1, -0.05) is 24.9 Å². The molecule has 20 heavy (non-hydrogen) atoms. The number of hydrogen-bond donors (Lipinski definition) is 2. The Bertz CT molecular complexity index is 477. The number of hydrogen-bond acceptors (Lipinski definition) is 3. The first kappa shape index (κ1) is 15.1.